The van der Waals surface area contributed by atoms with E-state index >= 15 is 0 Å². The van der Waals surface area contributed by atoms with Gasteiger partial charge < -0.3 is 10.2 Å². The van der Waals surface area contributed by atoms with Crippen molar-refractivity contribution in [2.75, 3.05) is 6.61 Å². The van der Waals surface area contributed by atoms with Crippen molar-refractivity contribution >= 4 is 0 Å². The highest BCUT2D eigenvalue weighted by Crippen LogP contribution is 2.57. The molecule has 0 fully saturated rings. The first kappa shape index (κ1) is 19.2. The molecule has 0 aliphatic rings. The highest BCUT2D eigenvalue weighted by Gasteiger charge is 2.86. The van der Waals surface area contributed by atoms with Crippen LogP contribution in [0.2, 0.25) is 0 Å². The summed E-state index contributed by atoms with van der Waals surface area (Å²) in [4.78, 5) is 0. The van der Waals surface area contributed by atoms with Crippen molar-refractivity contribution in [3.8, 4) is 0 Å². The zero-order chi connectivity index (χ0) is 16.6. The molecule has 0 heterocycles. The zero-order valence-corrected chi connectivity index (χ0v) is 9.30. The predicted octanol–water partition coefficient (Wildman–Crippen LogP) is 2.89. The fourth-order valence-electron chi connectivity index (χ4n) is 1.07. The molecule has 2 N–H and O–H groups in total. The second-order valence-corrected chi connectivity index (χ2v) is 3.80. The third kappa shape index (κ3) is 2.80. The average Bonchev–Trinajstić information content (AvgIpc) is 2.24. The van der Waals surface area contributed by atoms with Crippen LogP contribution in [0.15, 0.2) is 0 Å². The Hall–Kier alpha value is -0.780. The van der Waals surface area contributed by atoms with E-state index in [4.69, 9.17) is 10.2 Å². The van der Waals surface area contributed by atoms with Gasteiger partial charge >= 0.3 is 29.8 Å². The number of halogens is 10. The van der Waals surface area contributed by atoms with Crippen molar-refractivity contribution in [3.05, 3.63) is 0 Å². The third-order valence-electron chi connectivity index (χ3n) is 2.27. The SMILES string of the molecule is OCCCC(F)(F)C(F)(F)C(F)(F)C(F)(F)C(O)(F)F. The van der Waals surface area contributed by atoms with E-state index in [9.17, 15) is 43.9 Å². The van der Waals surface area contributed by atoms with E-state index in [1.807, 2.05) is 0 Å². The van der Waals surface area contributed by atoms with Crippen LogP contribution in [0.1, 0.15) is 12.8 Å². The fraction of sp³-hybridized carbons (Fsp3) is 1.00. The molecule has 0 saturated heterocycles. The van der Waals surface area contributed by atoms with E-state index in [1.54, 1.807) is 0 Å². The molecule has 0 atom stereocenters. The first-order valence-corrected chi connectivity index (χ1v) is 4.78. The average molecular weight is 326 g/mol. The van der Waals surface area contributed by atoms with Crippen molar-refractivity contribution in [1.82, 2.24) is 0 Å². The van der Waals surface area contributed by atoms with Crippen LogP contribution in [0, 0.1) is 0 Å². The zero-order valence-electron chi connectivity index (χ0n) is 9.30. The summed E-state index contributed by atoms with van der Waals surface area (Å²) in [5, 5.41) is 15.6. The van der Waals surface area contributed by atoms with Crippen LogP contribution < -0.4 is 0 Å². The summed E-state index contributed by atoms with van der Waals surface area (Å²) in [7, 11) is 0. The summed E-state index contributed by atoms with van der Waals surface area (Å²) in [6.07, 6.45) is -9.97. The van der Waals surface area contributed by atoms with Gasteiger partial charge in [-0.2, -0.15) is 43.9 Å². The highest BCUT2D eigenvalue weighted by molar-refractivity contribution is 5.05. The van der Waals surface area contributed by atoms with Crippen LogP contribution in [0.5, 0.6) is 0 Å². The van der Waals surface area contributed by atoms with E-state index in [0.29, 0.717) is 0 Å². The maximum absolute atomic E-state index is 12.8. The van der Waals surface area contributed by atoms with Crippen LogP contribution in [-0.4, -0.2) is 46.6 Å². The first-order valence-electron chi connectivity index (χ1n) is 4.78. The Morgan fingerprint density at radius 3 is 1.35 bits per heavy atom. The van der Waals surface area contributed by atoms with Gasteiger partial charge in [0.2, 0.25) is 0 Å². The van der Waals surface area contributed by atoms with Crippen LogP contribution in [0.4, 0.5) is 43.9 Å². The monoisotopic (exact) mass is 326 g/mol. The van der Waals surface area contributed by atoms with Crippen molar-refractivity contribution in [2.24, 2.45) is 0 Å². The Morgan fingerprint density at radius 1 is 0.650 bits per heavy atom. The van der Waals surface area contributed by atoms with Crippen molar-refractivity contribution < 1.29 is 54.1 Å². The first-order chi connectivity index (χ1) is 8.56. The van der Waals surface area contributed by atoms with Gasteiger partial charge in [0, 0.05) is 13.0 Å². The molecule has 0 aromatic carbocycles. The molecule has 0 amide bonds. The number of aliphatic hydroxyl groups excluding tert-OH is 1. The van der Waals surface area contributed by atoms with Crippen molar-refractivity contribution in [3.63, 3.8) is 0 Å². The van der Waals surface area contributed by atoms with Gasteiger partial charge in [-0.15, -0.1) is 0 Å². The Balaban J connectivity index is 5.68. The number of aliphatic hydroxyl groups is 2. The lowest BCUT2D eigenvalue weighted by Crippen LogP contribution is -2.67. The number of hydrogen-bond acceptors (Lipinski definition) is 2. The van der Waals surface area contributed by atoms with E-state index in [1.165, 1.54) is 0 Å². The van der Waals surface area contributed by atoms with Crippen LogP contribution in [-0.2, 0) is 0 Å². The summed E-state index contributed by atoms with van der Waals surface area (Å²) in [6.45, 7) is -1.15. The topological polar surface area (TPSA) is 40.5 Å². The Kier molecular flexibility index (Phi) is 5.00. The van der Waals surface area contributed by atoms with Gasteiger partial charge in [0.25, 0.3) is 0 Å². The van der Waals surface area contributed by atoms with Gasteiger partial charge in [-0.25, -0.2) is 0 Å². The van der Waals surface area contributed by atoms with Gasteiger partial charge in [0.1, 0.15) is 0 Å². The van der Waals surface area contributed by atoms with Gasteiger partial charge in [-0.1, -0.05) is 0 Å². The van der Waals surface area contributed by atoms with E-state index < -0.39 is 49.2 Å². The molecule has 0 saturated carbocycles. The normalized spacial score (nSPS) is 15.6. The second-order valence-electron chi connectivity index (χ2n) is 3.80. The van der Waals surface area contributed by atoms with Crippen LogP contribution >= 0.6 is 0 Å². The Labute approximate surface area is 105 Å². The van der Waals surface area contributed by atoms with Crippen molar-refractivity contribution in [1.29, 1.82) is 0 Å². The fourth-order valence-corrected chi connectivity index (χ4v) is 1.07. The summed E-state index contributed by atoms with van der Waals surface area (Å²) in [6, 6.07) is 0. The molecule has 122 valence electrons. The molecule has 0 spiro atoms. The van der Waals surface area contributed by atoms with Crippen LogP contribution in [0.25, 0.3) is 0 Å². The lowest BCUT2D eigenvalue weighted by Gasteiger charge is -2.37. The van der Waals surface area contributed by atoms with Crippen molar-refractivity contribution in [2.45, 2.75) is 42.6 Å². The Morgan fingerprint density at radius 2 is 1.05 bits per heavy atom. The minimum atomic E-state index is -7.24. The molecular formula is C8H8F10O2. The lowest BCUT2D eigenvalue weighted by atomic mass is 9.95. The Bertz CT molecular complexity index is 335. The van der Waals surface area contributed by atoms with Gasteiger partial charge in [-0.3, -0.25) is 0 Å². The molecule has 0 unspecified atom stereocenters. The number of rotatable bonds is 7. The van der Waals surface area contributed by atoms with E-state index in [0.717, 1.165) is 0 Å². The smallest absolute Gasteiger partial charge is 0.396 e. The summed E-state index contributed by atoms with van der Waals surface area (Å²) in [5.74, 6) is -27.1. The molecule has 0 aliphatic heterocycles. The second kappa shape index (κ2) is 5.20. The minimum Gasteiger partial charge on any atom is -0.396 e. The van der Waals surface area contributed by atoms with E-state index in [2.05, 4.69) is 0 Å². The molecule has 0 aromatic rings. The molecule has 0 rings (SSSR count). The molecule has 20 heavy (non-hydrogen) atoms. The molecule has 2 nitrogen and oxygen atoms in total. The molecular weight excluding hydrogens is 318 g/mol. The predicted molar refractivity (Wildman–Crippen MR) is 43.3 cm³/mol. The molecule has 0 aliphatic carbocycles. The molecule has 0 radical (unpaired) electrons. The maximum atomic E-state index is 12.8. The van der Waals surface area contributed by atoms with Gasteiger partial charge in [0.05, 0.1) is 0 Å². The summed E-state index contributed by atoms with van der Waals surface area (Å²) >= 11 is 0. The van der Waals surface area contributed by atoms with Gasteiger partial charge in [0.15, 0.2) is 0 Å². The third-order valence-corrected chi connectivity index (χ3v) is 2.27. The maximum Gasteiger partial charge on any atom is 0.423 e. The quantitative estimate of drug-likeness (QED) is 0.707. The number of alkyl halides is 10. The molecule has 0 bridgehead atoms. The standard InChI is InChI=1S/C8H8F10O2/c9-4(10,2-1-3-19)5(11,12)6(13,14)7(15,16)8(17,18)20/h19-20H,1-3H2. The summed E-state index contributed by atoms with van der Waals surface area (Å²) in [5.41, 5.74) is 0. The van der Waals surface area contributed by atoms with E-state index in [-0.39, 0.29) is 0 Å². The number of hydrogen-bond donors (Lipinski definition) is 2. The highest BCUT2D eigenvalue weighted by atomic mass is 19.4. The van der Waals surface area contributed by atoms with Gasteiger partial charge in [-0.05, 0) is 6.42 Å². The summed E-state index contributed by atoms with van der Waals surface area (Å²) < 4.78 is 125. The molecule has 12 heteroatoms. The van der Waals surface area contributed by atoms with Crippen LogP contribution in [0.3, 0.4) is 0 Å². The largest absolute Gasteiger partial charge is 0.423 e. The lowest BCUT2D eigenvalue weighted by molar-refractivity contribution is -0.438. The minimum absolute atomic E-state index is 1.15. The molecule has 0 aromatic heterocycles.